The molecule has 0 fully saturated rings. The van der Waals surface area contributed by atoms with Gasteiger partial charge in [-0.1, -0.05) is 6.92 Å². The first-order valence-electron chi connectivity index (χ1n) is 4.80. The zero-order chi connectivity index (χ0) is 10.0. The Hall–Kier alpha value is -0.830. The van der Waals surface area contributed by atoms with E-state index < -0.39 is 0 Å². The lowest BCUT2D eigenvalue weighted by Gasteiger charge is -2.10. The van der Waals surface area contributed by atoms with Crippen LogP contribution in [-0.2, 0) is 0 Å². The van der Waals surface area contributed by atoms with E-state index in [0.29, 0.717) is 6.04 Å². The van der Waals surface area contributed by atoms with E-state index >= 15 is 0 Å². The molecule has 1 atom stereocenters. The van der Waals surface area contributed by atoms with E-state index in [0.717, 1.165) is 17.7 Å². The summed E-state index contributed by atoms with van der Waals surface area (Å²) in [4.78, 5) is 0. The van der Waals surface area contributed by atoms with Gasteiger partial charge in [0.05, 0.1) is 12.3 Å². The molecule has 1 unspecified atom stereocenters. The van der Waals surface area contributed by atoms with E-state index in [1.54, 1.807) is 6.20 Å². The zero-order valence-electron chi connectivity index (χ0n) is 8.78. The van der Waals surface area contributed by atoms with Crippen LogP contribution < -0.4 is 0 Å². The highest BCUT2D eigenvalue weighted by Gasteiger charge is 2.14. The molecule has 0 aliphatic carbocycles. The van der Waals surface area contributed by atoms with Crippen LogP contribution in [-0.4, -0.2) is 14.9 Å². The van der Waals surface area contributed by atoms with E-state index in [-0.39, 0.29) is 6.10 Å². The molecule has 0 saturated heterocycles. The highest BCUT2D eigenvalue weighted by Crippen LogP contribution is 2.21. The average Bonchev–Trinajstić information content (AvgIpc) is 2.46. The molecule has 0 spiro atoms. The van der Waals surface area contributed by atoms with Crippen LogP contribution in [0.25, 0.3) is 0 Å². The number of hydrogen-bond acceptors (Lipinski definition) is 2. The standard InChI is InChI=1S/C10H18N2O/c1-5-10(13)9-6-11-12(7(2)3)8(9)4/h6-7,10,13H,5H2,1-4H3. The van der Waals surface area contributed by atoms with Crippen molar-refractivity contribution in [1.82, 2.24) is 9.78 Å². The Morgan fingerprint density at radius 1 is 1.54 bits per heavy atom. The molecule has 3 nitrogen and oxygen atoms in total. The summed E-state index contributed by atoms with van der Waals surface area (Å²) >= 11 is 0. The maximum atomic E-state index is 9.65. The van der Waals surface area contributed by atoms with Crippen molar-refractivity contribution in [3.63, 3.8) is 0 Å². The number of hydrogen-bond donors (Lipinski definition) is 1. The lowest BCUT2D eigenvalue weighted by atomic mass is 10.1. The molecule has 0 amide bonds. The molecule has 0 aromatic carbocycles. The number of aromatic nitrogens is 2. The minimum absolute atomic E-state index is 0.359. The smallest absolute Gasteiger partial charge is 0.0820 e. The molecule has 0 aliphatic heterocycles. The van der Waals surface area contributed by atoms with Gasteiger partial charge in [0.15, 0.2) is 0 Å². The molecule has 3 heteroatoms. The second-order valence-corrected chi connectivity index (χ2v) is 3.65. The van der Waals surface area contributed by atoms with E-state index in [2.05, 4.69) is 18.9 Å². The van der Waals surface area contributed by atoms with Gasteiger partial charge in [-0.05, 0) is 27.2 Å². The average molecular weight is 182 g/mol. The predicted octanol–water partition coefficient (Wildman–Crippen LogP) is 2.22. The molecule has 0 radical (unpaired) electrons. The molecule has 74 valence electrons. The van der Waals surface area contributed by atoms with Crippen molar-refractivity contribution in [1.29, 1.82) is 0 Å². The maximum Gasteiger partial charge on any atom is 0.0820 e. The fourth-order valence-corrected chi connectivity index (χ4v) is 1.50. The third kappa shape index (κ3) is 1.91. The number of aliphatic hydroxyl groups excluding tert-OH is 1. The van der Waals surface area contributed by atoms with Crippen LogP contribution in [0.5, 0.6) is 0 Å². The Bertz CT molecular complexity index is 278. The molecular formula is C10H18N2O. The second kappa shape index (κ2) is 3.92. The monoisotopic (exact) mass is 182 g/mol. The first kappa shape index (κ1) is 10.3. The second-order valence-electron chi connectivity index (χ2n) is 3.65. The van der Waals surface area contributed by atoms with Crippen molar-refractivity contribution in [3.05, 3.63) is 17.5 Å². The SMILES string of the molecule is CCC(O)c1cnn(C(C)C)c1C. The molecule has 0 saturated carbocycles. The molecule has 1 N–H and O–H groups in total. The molecular weight excluding hydrogens is 164 g/mol. The van der Waals surface area contributed by atoms with Gasteiger partial charge < -0.3 is 5.11 Å². The van der Waals surface area contributed by atoms with E-state index in [4.69, 9.17) is 0 Å². The van der Waals surface area contributed by atoms with Crippen LogP contribution in [0.4, 0.5) is 0 Å². The summed E-state index contributed by atoms with van der Waals surface area (Å²) in [6, 6.07) is 0.359. The van der Waals surface area contributed by atoms with Crippen molar-refractivity contribution < 1.29 is 5.11 Å². The fourth-order valence-electron chi connectivity index (χ4n) is 1.50. The van der Waals surface area contributed by atoms with Gasteiger partial charge in [-0.2, -0.15) is 5.10 Å². The van der Waals surface area contributed by atoms with Crippen LogP contribution >= 0.6 is 0 Å². The van der Waals surface area contributed by atoms with Crippen molar-refractivity contribution >= 4 is 0 Å². The Labute approximate surface area is 79.4 Å². The topological polar surface area (TPSA) is 38.1 Å². The normalized spacial score (nSPS) is 13.7. The largest absolute Gasteiger partial charge is 0.388 e. The minimum atomic E-state index is -0.368. The van der Waals surface area contributed by atoms with Gasteiger partial charge in [0, 0.05) is 17.3 Å². The van der Waals surface area contributed by atoms with Gasteiger partial charge in [-0.25, -0.2) is 0 Å². The van der Waals surface area contributed by atoms with Crippen LogP contribution in [0.2, 0.25) is 0 Å². The van der Waals surface area contributed by atoms with Gasteiger partial charge in [-0.15, -0.1) is 0 Å². The van der Waals surface area contributed by atoms with Gasteiger partial charge >= 0.3 is 0 Å². The first-order valence-corrected chi connectivity index (χ1v) is 4.80. The number of aliphatic hydroxyl groups is 1. The minimum Gasteiger partial charge on any atom is -0.388 e. The zero-order valence-corrected chi connectivity index (χ0v) is 8.78. The molecule has 1 aromatic rings. The van der Waals surface area contributed by atoms with Gasteiger partial charge in [0.25, 0.3) is 0 Å². The Morgan fingerprint density at radius 3 is 2.54 bits per heavy atom. The molecule has 1 rings (SSSR count). The Morgan fingerprint density at radius 2 is 2.15 bits per heavy atom. The summed E-state index contributed by atoms with van der Waals surface area (Å²) in [7, 11) is 0. The van der Waals surface area contributed by atoms with Crippen LogP contribution in [0, 0.1) is 6.92 Å². The number of rotatable bonds is 3. The van der Waals surface area contributed by atoms with Crippen LogP contribution in [0.1, 0.15) is 50.6 Å². The summed E-state index contributed by atoms with van der Waals surface area (Å²) in [5, 5.41) is 13.9. The maximum absolute atomic E-state index is 9.65. The number of nitrogens with zero attached hydrogens (tertiary/aromatic N) is 2. The fraction of sp³-hybridized carbons (Fsp3) is 0.700. The third-order valence-electron chi connectivity index (χ3n) is 2.32. The van der Waals surface area contributed by atoms with Crippen molar-refractivity contribution in [2.24, 2.45) is 0 Å². The van der Waals surface area contributed by atoms with Crippen molar-refractivity contribution in [2.45, 2.75) is 46.3 Å². The van der Waals surface area contributed by atoms with E-state index in [1.807, 2.05) is 18.5 Å². The van der Waals surface area contributed by atoms with Crippen LogP contribution in [0.3, 0.4) is 0 Å². The summed E-state index contributed by atoms with van der Waals surface area (Å²) in [6.45, 7) is 8.14. The molecule has 0 bridgehead atoms. The van der Waals surface area contributed by atoms with Gasteiger partial charge in [0.1, 0.15) is 0 Å². The quantitative estimate of drug-likeness (QED) is 0.778. The third-order valence-corrected chi connectivity index (χ3v) is 2.32. The van der Waals surface area contributed by atoms with Crippen molar-refractivity contribution in [2.75, 3.05) is 0 Å². The summed E-state index contributed by atoms with van der Waals surface area (Å²) in [6.07, 6.45) is 2.14. The Balaban J connectivity index is 2.99. The highest BCUT2D eigenvalue weighted by atomic mass is 16.3. The van der Waals surface area contributed by atoms with Gasteiger partial charge in [0.2, 0.25) is 0 Å². The predicted molar refractivity (Wildman–Crippen MR) is 52.6 cm³/mol. The van der Waals surface area contributed by atoms with Crippen molar-refractivity contribution in [3.8, 4) is 0 Å². The van der Waals surface area contributed by atoms with E-state index in [9.17, 15) is 5.11 Å². The van der Waals surface area contributed by atoms with Crippen LogP contribution in [0.15, 0.2) is 6.20 Å². The highest BCUT2D eigenvalue weighted by molar-refractivity contribution is 5.19. The van der Waals surface area contributed by atoms with Gasteiger partial charge in [-0.3, -0.25) is 4.68 Å². The molecule has 1 heterocycles. The Kier molecular flexibility index (Phi) is 3.09. The lowest BCUT2D eigenvalue weighted by Crippen LogP contribution is -2.06. The molecule has 0 aliphatic rings. The summed E-state index contributed by atoms with van der Waals surface area (Å²) in [5.74, 6) is 0. The van der Waals surface area contributed by atoms with E-state index in [1.165, 1.54) is 0 Å². The summed E-state index contributed by atoms with van der Waals surface area (Å²) in [5.41, 5.74) is 2.03. The lowest BCUT2D eigenvalue weighted by molar-refractivity contribution is 0.172. The first-order chi connectivity index (χ1) is 6.07. The molecule has 1 aromatic heterocycles. The molecule has 13 heavy (non-hydrogen) atoms. The summed E-state index contributed by atoms with van der Waals surface area (Å²) < 4.78 is 1.94.